The van der Waals surface area contributed by atoms with Gasteiger partial charge in [0, 0.05) is 19.4 Å². The molecule has 0 heterocycles. The van der Waals surface area contributed by atoms with Crippen LogP contribution in [0.4, 0.5) is 5.69 Å². The maximum absolute atomic E-state index is 13.0. The molecule has 1 N–H and O–H groups in total. The highest BCUT2D eigenvalue weighted by Crippen LogP contribution is 2.60. The Bertz CT molecular complexity index is 3630. The van der Waals surface area contributed by atoms with E-state index >= 15 is 0 Å². The first kappa shape index (κ1) is 73.9. The molecule has 101 heavy (non-hydrogen) atoms. The number of benzene rings is 7. The summed E-state index contributed by atoms with van der Waals surface area (Å²) in [5, 5.41) is 3.37. The normalized spacial score (nSPS) is 18.2. The maximum atomic E-state index is 13.0. The second-order valence-corrected chi connectivity index (χ2v) is 26.7. The third-order valence-electron chi connectivity index (χ3n) is 19.6. The topological polar surface area (TPSA) is 140 Å². The van der Waals surface area contributed by atoms with E-state index in [4.69, 9.17) is 56.8 Å². The first-order chi connectivity index (χ1) is 49.8. The van der Waals surface area contributed by atoms with Gasteiger partial charge in [0.25, 0.3) is 0 Å². The minimum absolute atomic E-state index is 0.00835. The molecule has 0 spiro atoms. The van der Waals surface area contributed by atoms with Crippen LogP contribution in [-0.2, 0) is 59.3 Å². The van der Waals surface area contributed by atoms with E-state index < -0.39 is 5.41 Å². The molecule has 0 amide bonds. The van der Waals surface area contributed by atoms with Crippen LogP contribution in [0, 0.1) is 48.9 Å². The van der Waals surface area contributed by atoms with Crippen LogP contribution >= 0.6 is 0 Å². The number of esters is 1. The first-order valence-electron chi connectivity index (χ1n) is 36.3. The number of hydrogen-bond donors (Lipinski definition) is 1. The first-order valence-corrected chi connectivity index (χ1v) is 36.3. The lowest BCUT2D eigenvalue weighted by Gasteiger charge is -2.55. The summed E-state index contributed by atoms with van der Waals surface area (Å²) in [7, 11) is 1.73. The van der Waals surface area contributed by atoms with Gasteiger partial charge in [0.15, 0.2) is 0 Å². The Balaban J connectivity index is 0.470. The summed E-state index contributed by atoms with van der Waals surface area (Å²) in [6, 6.07) is 61.6. The Morgan fingerprint density at radius 2 is 0.950 bits per heavy atom. The zero-order valence-electron chi connectivity index (χ0n) is 59.3. The Morgan fingerprint density at radius 1 is 0.485 bits per heavy atom. The molecule has 4 bridgehead atoms. The summed E-state index contributed by atoms with van der Waals surface area (Å²) in [4.78, 5) is 13.0. The average molecular weight is 1370 g/mol. The van der Waals surface area contributed by atoms with Crippen LogP contribution in [0.3, 0.4) is 0 Å². The standard InChI is InChI=1S/C87H101NO13/c1-66-58-78(87(75-17-7-4-8-18-75,76-19-9-5-10-20-76)77-21-11-6-12-22-77)59-67(2)84(66)100-57-56-99-80-33-23-68(24-34-80)16-15-41-92-43-45-94-47-49-95-48-46-93-44-42-91-40-14-13-39-88-79-31-25-74(26-32-79)82-37-29-73(30-38-83(82)90-3)72-27-35-81(36-28-72)98-54-52-96-50-51-97-53-55-101-85(89)86-63-69-60-70(64-86)62-71(61-69)65-86/h4-12,17-38,58-59,69-71,83,88H,15-16,39-57,60-65H2,1-3H3. The second kappa shape index (κ2) is 39.2. The van der Waals surface area contributed by atoms with Gasteiger partial charge in [-0.05, 0) is 181 Å². The molecule has 4 fully saturated rings. The quantitative estimate of drug-likeness (QED) is 0.0168. The van der Waals surface area contributed by atoms with E-state index in [1.807, 2.05) is 24.3 Å². The molecule has 5 aliphatic carbocycles. The zero-order chi connectivity index (χ0) is 69.6. The highest BCUT2D eigenvalue weighted by atomic mass is 16.6. The van der Waals surface area contributed by atoms with Crippen molar-refractivity contribution in [1.82, 2.24) is 0 Å². The van der Waals surface area contributed by atoms with Crippen LogP contribution < -0.4 is 19.5 Å². The predicted molar refractivity (Wildman–Crippen MR) is 398 cm³/mol. The van der Waals surface area contributed by atoms with Crippen molar-refractivity contribution in [3.8, 4) is 29.1 Å². The third kappa shape index (κ3) is 21.2. The molecule has 0 aromatic heterocycles. The minimum atomic E-state index is -0.513. The summed E-state index contributed by atoms with van der Waals surface area (Å²) in [5.74, 6) is 10.9. The number of carbonyl (C=O) groups excluding carboxylic acids is 1. The highest BCUT2D eigenvalue weighted by Gasteiger charge is 2.55. The van der Waals surface area contributed by atoms with E-state index in [1.54, 1.807) is 7.11 Å². The third-order valence-corrected chi connectivity index (χ3v) is 19.6. The van der Waals surface area contributed by atoms with E-state index in [9.17, 15) is 4.79 Å². The molecule has 532 valence electrons. The fraction of sp³-hybridized carbons (Fsp3) is 0.414. The molecular formula is C87H101NO13. The zero-order valence-corrected chi connectivity index (χ0v) is 59.3. The van der Waals surface area contributed by atoms with Crippen LogP contribution in [-0.4, -0.2) is 145 Å². The largest absolute Gasteiger partial charge is 0.491 e. The van der Waals surface area contributed by atoms with Crippen molar-refractivity contribution in [1.29, 1.82) is 0 Å². The molecule has 4 saturated carbocycles. The van der Waals surface area contributed by atoms with Crippen LogP contribution in [0.2, 0.25) is 0 Å². The van der Waals surface area contributed by atoms with Gasteiger partial charge in [-0.3, -0.25) is 4.79 Å². The van der Waals surface area contributed by atoms with E-state index in [1.165, 1.54) is 47.1 Å². The molecule has 5 aliphatic rings. The molecule has 1 atom stereocenters. The lowest BCUT2D eigenvalue weighted by atomic mass is 9.49. The van der Waals surface area contributed by atoms with Gasteiger partial charge in [-0.1, -0.05) is 176 Å². The molecular weight excluding hydrogens is 1270 g/mol. The van der Waals surface area contributed by atoms with Crippen molar-refractivity contribution in [3.05, 3.63) is 250 Å². The van der Waals surface area contributed by atoms with Gasteiger partial charge >= 0.3 is 5.97 Å². The number of anilines is 1. The number of rotatable bonds is 42. The maximum Gasteiger partial charge on any atom is 0.312 e. The lowest BCUT2D eigenvalue weighted by molar-refractivity contribution is -0.173. The number of aryl methyl sites for hydroxylation is 3. The van der Waals surface area contributed by atoms with Gasteiger partial charge in [0.1, 0.15) is 56.4 Å². The van der Waals surface area contributed by atoms with Gasteiger partial charge < -0.3 is 62.2 Å². The van der Waals surface area contributed by atoms with Crippen molar-refractivity contribution in [3.63, 3.8) is 0 Å². The number of allylic oxidation sites excluding steroid dienone is 4. The van der Waals surface area contributed by atoms with Crippen molar-refractivity contribution in [2.24, 2.45) is 23.2 Å². The van der Waals surface area contributed by atoms with E-state index in [0.29, 0.717) is 125 Å². The molecule has 7 aromatic carbocycles. The molecule has 1 unspecified atom stereocenters. The summed E-state index contributed by atoms with van der Waals surface area (Å²) in [5.41, 5.74) is 12.8. The highest BCUT2D eigenvalue weighted by molar-refractivity contribution is 5.83. The van der Waals surface area contributed by atoms with Crippen molar-refractivity contribution in [2.75, 3.05) is 138 Å². The molecule has 14 heteroatoms. The number of methoxy groups -OCH3 is 1. The lowest BCUT2D eigenvalue weighted by Crippen LogP contribution is -2.50. The van der Waals surface area contributed by atoms with Gasteiger partial charge in [-0.25, -0.2) is 0 Å². The fourth-order valence-corrected chi connectivity index (χ4v) is 15.2. The molecule has 7 aromatic rings. The molecule has 14 nitrogen and oxygen atoms in total. The SMILES string of the molecule is COC1C=CC(c2ccc(OCCOCCOCCOC(=O)C34CC5CC(CC(C5)C3)C4)cc2)=CC=C1c1ccc(NCC#CCOCCOCCOCCOCCOCCCc2ccc(OCCOc3c(C)cc(C(c4ccccc4)(c4ccccc4)c4ccccc4)cc3C)cc2)cc1. The Hall–Kier alpha value is -8.33. The molecule has 12 rings (SSSR count). The van der Waals surface area contributed by atoms with E-state index in [2.05, 4.69) is 207 Å². The summed E-state index contributed by atoms with van der Waals surface area (Å²) in [6.45, 7) is 13.0. The minimum Gasteiger partial charge on any atom is -0.491 e. The number of ether oxygens (including phenoxy) is 12. The van der Waals surface area contributed by atoms with Crippen LogP contribution in [0.15, 0.2) is 200 Å². The number of carbonyl (C=O) groups is 1. The van der Waals surface area contributed by atoms with Crippen LogP contribution in [0.1, 0.15) is 95.0 Å². The Kier molecular flexibility index (Phi) is 28.7. The van der Waals surface area contributed by atoms with Gasteiger partial charge in [-0.2, -0.15) is 0 Å². The molecule has 0 aliphatic heterocycles. The van der Waals surface area contributed by atoms with Crippen molar-refractivity contribution in [2.45, 2.75) is 76.7 Å². The summed E-state index contributed by atoms with van der Waals surface area (Å²) >= 11 is 0. The average Bonchev–Trinajstić information content (AvgIpc) is 0.928. The van der Waals surface area contributed by atoms with Crippen LogP contribution in [0.5, 0.6) is 17.2 Å². The Morgan fingerprint density at radius 3 is 1.49 bits per heavy atom. The monoisotopic (exact) mass is 1370 g/mol. The fourth-order valence-electron chi connectivity index (χ4n) is 15.2. The van der Waals surface area contributed by atoms with E-state index in [-0.39, 0.29) is 17.5 Å². The molecule has 0 saturated heterocycles. The van der Waals surface area contributed by atoms with Crippen molar-refractivity contribution < 1.29 is 61.6 Å². The van der Waals surface area contributed by atoms with Crippen LogP contribution in [0.25, 0.3) is 11.1 Å². The smallest absolute Gasteiger partial charge is 0.312 e. The molecule has 0 radical (unpaired) electrons. The van der Waals surface area contributed by atoms with E-state index in [0.717, 1.165) is 106 Å². The van der Waals surface area contributed by atoms with Crippen molar-refractivity contribution >= 4 is 22.8 Å². The predicted octanol–water partition coefficient (Wildman–Crippen LogP) is 15.5. The number of nitrogens with one attached hydrogen (secondary N) is 1. The van der Waals surface area contributed by atoms with Gasteiger partial charge in [0.2, 0.25) is 0 Å². The Labute approximate surface area is 598 Å². The van der Waals surface area contributed by atoms with Gasteiger partial charge in [0.05, 0.1) is 96.7 Å². The number of hydrogen-bond acceptors (Lipinski definition) is 14. The van der Waals surface area contributed by atoms with Gasteiger partial charge in [-0.15, -0.1) is 0 Å². The summed E-state index contributed by atoms with van der Waals surface area (Å²) < 4.78 is 70.0. The summed E-state index contributed by atoms with van der Waals surface area (Å²) in [6.07, 6.45) is 17.1. The second-order valence-electron chi connectivity index (χ2n) is 26.7.